The normalized spacial score (nSPS) is 19.7. The molecule has 1 amide bonds. The van der Waals surface area contributed by atoms with Gasteiger partial charge in [-0.15, -0.1) is 0 Å². The lowest BCUT2D eigenvalue weighted by Crippen LogP contribution is -2.37. The van der Waals surface area contributed by atoms with Gasteiger partial charge in [0, 0.05) is 36.5 Å². The van der Waals surface area contributed by atoms with Gasteiger partial charge in [-0.2, -0.15) is 10.2 Å². The number of nitrogens with one attached hydrogen (secondary N) is 2. The highest BCUT2D eigenvalue weighted by Gasteiger charge is 2.28. The Balaban J connectivity index is 1.15. The molecule has 1 saturated carbocycles. The first kappa shape index (κ1) is 27.6. The molecule has 11 nitrogen and oxygen atoms in total. The molecule has 0 unspecified atom stereocenters. The fourth-order valence-corrected chi connectivity index (χ4v) is 5.95. The predicted octanol–water partition coefficient (Wildman–Crippen LogP) is 4.20. The summed E-state index contributed by atoms with van der Waals surface area (Å²) in [6, 6.07) is 13.0. The molecule has 1 saturated heterocycles. The second-order valence-corrected chi connectivity index (χ2v) is 11.0. The third kappa shape index (κ3) is 6.20. The maximum absolute atomic E-state index is 13.0. The van der Waals surface area contributed by atoms with Crippen molar-refractivity contribution in [1.82, 2.24) is 35.2 Å². The number of piperidine rings is 1. The number of nitrogens with two attached hydrogens (primary N) is 1. The van der Waals surface area contributed by atoms with Gasteiger partial charge in [-0.25, -0.2) is 10.1 Å². The lowest BCUT2D eigenvalue weighted by molar-refractivity contribution is -0.117. The summed E-state index contributed by atoms with van der Waals surface area (Å²) >= 11 is 0. The third-order valence-electron chi connectivity index (χ3n) is 8.12. The van der Waals surface area contributed by atoms with Crippen molar-refractivity contribution in [1.29, 1.82) is 0 Å². The number of nitrogens with zero attached hydrogens (tertiary/aromatic N) is 5. The Hall–Kier alpha value is -4.51. The van der Waals surface area contributed by atoms with Gasteiger partial charge in [0.2, 0.25) is 11.8 Å². The summed E-state index contributed by atoms with van der Waals surface area (Å²) in [6.07, 6.45) is 12.2. The number of likely N-dealkylation sites (tertiary alicyclic amines) is 1. The van der Waals surface area contributed by atoms with Crippen molar-refractivity contribution in [3.05, 3.63) is 71.2 Å². The van der Waals surface area contributed by atoms with Crippen LogP contribution in [0.25, 0.3) is 22.2 Å². The van der Waals surface area contributed by atoms with Gasteiger partial charge in [-0.3, -0.25) is 19.2 Å². The van der Waals surface area contributed by atoms with E-state index in [1.807, 2.05) is 42.5 Å². The van der Waals surface area contributed by atoms with Crippen LogP contribution < -0.4 is 21.3 Å². The number of nitrogen functional groups attached to an aromatic ring is 1. The van der Waals surface area contributed by atoms with E-state index in [0.29, 0.717) is 28.2 Å². The molecule has 4 heterocycles. The molecule has 4 N–H and O–H groups in total. The van der Waals surface area contributed by atoms with Crippen molar-refractivity contribution in [2.75, 3.05) is 25.4 Å². The first-order valence-corrected chi connectivity index (χ1v) is 14.7. The van der Waals surface area contributed by atoms with E-state index in [2.05, 4.69) is 25.4 Å². The predicted molar refractivity (Wildman–Crippen MR) is 161 cm³/mol. The van der Waals surface area contributed by atoms with E-state index in [4.69, 9.17) is 15.6 Å². The summed E-state index contributed by atoms with van der Waals surface area (Å²) in [6.45, 7) is 3.04. The number of amides is 1. The van der Waals surface area contributed by atoms with Crippen LogP contribution >= 0.6 is 0 Å². The zero-order valence-electron chi connectivity index (χ0n) is 23.5. The van der Waals surface area contributed by atoms with Gasteiger partial charge in [0.25, 0.3) is 5.56 Å². The maximum Gasteiger partial charge on any atom is 0.290 e. The van der Waals surface area contributed by atoms with Crippen LogP contribution in [0.5, 0.6) is 11.6 Å². The molecule has 218 valence electrons. The number of anilines is 1. The van der Waals surface area contributed by atoms with Crippen molar-refractivity contribution < 1.29 is 9.53 Å². The Labute approximate surface area is 243 Å². The van der Waals surface area contributed by atoms with Crippen molar-refractivity contribution in [3.8, 4) is 22.9 Å². The van der Waals surface area contributed by atoms with Crippen molar-refractivity contribution in [3.63, 3.8) is 0 Å². The summed E-state index contributed by atoms with van der Waals surface area (Å²) < 4.78 is 7.62. The molecule has 0 atom stereocenters. The Morgan fingerprint density at radius 1 is 1.07 bits per heavy atom. The van der Waals surface area contributed by atoms with Gasteiger partial charge in [0.1, 0.15) is 17.0 Å². The molecule has 0 bridgehead atoms. The molecule has 2 aliphatic rings. The molecule has 1 aromatic carbocycles. The summed E-state index contributed by atoms with van der Waals surface area (Å²) in [5, 5.41) is 15.1. The van der Waals surface area contributed by atoms with E-state index in [-0.39, 0.29) is 29.4 Å². The molecule has 3 aromatic heterocycles. The number of hydrogen-bond donors (Lipinski definition) is 3. The quantitative estimate of drug-likeness (QED) is 0.268. The lowest BCUT2D eigenvalue weighted by Gasteiger charge is -2.29. The van der Waals surface area contributed by atoms with Crippen LogP contribution in [0.1, 0.15) is 51.0 Å². The summed E-state index contributed by atoms with van der Waals surface area (Å²) in [5.74, 6) is 1.30. The van der Waals surface area contributed by atoms with Crippen molar-refractivity contribution >= 4 is 22.6 Å². The molecule has 4 aromatic rings. The van der Waals surface area contributed by atoms with Gasteiger partial charge >= 0.3 is 0 Å². The van der Waals surface area contributed by atoms with Gasteiger partial charge in [-0.05, 0) is 81.9 Å². The van der Waals surface area contributed by atoms with E-state index >= 15 is 0 Å². The fraction of sp³-hybridized carbons (Fsp3) is 0.387. The van der Waals surface area contributed by atoms with Crippen LogP contribution in [0.15, 0.2) is 65.6 Å². The molecular formula is C31H36N8O3. The number of H-pyrrole nitrogens is 1. The van der Waals surface area contributed by atoms with Crippen LogP contribution in [0.2, 0.25) is 0 Å². The number of aromatic amines is 1. The standard InChI is InChI=1S/C31H36N8O3/c32-30-27-28(21-9-15-24(16-10-21)42-26-8-2-3-17-33-26)37-39(29(27)31(41)36-35-30)23-13-11-22(12-14-23)34-25(40)7-6-20-38-18-4-1-5-19-38/h2-3,6-10,15-17,22-23H,1,4-5,11-14,18-20H2,(H2,32,35)(H,34,40)(H,36,41)/b7-6+/t22-,23+. The van der Waals surface area contributed by atoms with Gasteiger partial charge in [-0.1, -0.05) is 18.6 Å². The zero-order chi connectivity index (χ0) is 28.9. The molecular weight excluding hydrogens is 532 g/mol. The van der Waals surface area contributed by atoms with Gasteiger partial charge < -0.3 is 15.8 Å². The number of carbonyl (C=O) groups is 1. The number of carbonyl (C=O) groups excluding carboxylic acids is 1. The highest BCUT2D eigenvalue weighted by Crippen LogP contribution is 2.36. The fourth-order valence-electron chi connectivity index (χ4n) is 5.95. The van der Waals surface area contributed by atoms with E-state index < -0.39 is 0 Å². The number of benzene rings is 1. The van der Waals surface area contributed by atoms with Crippen LogP contribution in [0, 0.1) is 0 Å². The molecule has 0 spiro atoms. The first-order chi connectivity index (χ1) is 20.5. The minimum atomic E-state index is -0.331. The molecule has 1 aliphatic carbocycles. The Kier molecular flexibility index (Phi) is 8.27. The second-order valence-electron chi connectivity index (χ2n) is 11.0. The summed E-state index contributed by atoms with van der Waals surface area (Å²) in [5.41, 5.74) is 7.75. The first-order valence-electron chi connectivity index (χ1n) is 14.7. The molecule has 2 fully saturated rings. The minimum absolute atomic E-state index is 0.00120. The Bertz CT molecular complexity index is 1600. The number of aromatic nitrogens is 5. The Morgan fingerprint density at radius 3 is 2.60 bits per heavy atom. The highest BCUT2D eigenvalue weighted by molar-refractivity contribution is 5.99. The lowest BCUT2D eigenvalue weighted by atomic mass is 9.91. The van der Waals surface area contributed by atoms with E-state index in [0.717, 1.165) is 50.9 Å². The molecule has 6 rings (SSSR count). The van der Waals surface area contributed by atoms with E-state index in [9.17, 15) is 9.59 Å². The zero-order valence-corrected chi connectivity index (χ0v) is 23.5. The average Bonchev–Trinajstić information content (AvgIpc) is 3.43. The average molecular weight is 569 g/mol. The van der Waals surface area contributed by atoms with Crippen LogP contribution in [-0.2, 0) is 4.79 Å². The van der Waals surface area contributed by atoms with Crippen LogP contribution in [0.4, 0.5) is 5.82 Å². The maximum atomic E-state index is 13.0. The molecule has 11 heteroatoms. The van der Waals surface area contributed by atoms with E-state index in [1.54, 1.807) is 23.0 Å². The highest BCUT2D eigenvalue weighted by atomic mass is 16.5. The van der Waals surface area contributed by atoms with Gasteiger partial charge in [0.15, 0.2) is 5.82 Å². The number of ether oxygens (including phenoxy) is 1. The topological polar surface area (TPSA) is 144 Å². The van der Waals surface area contributed by atoms with Crippen molar-refractivity contribution in [2.45, 2.75) is 57.0 Å². The summed E-state index contributed by atoms with van der Waals surface area (Å²) in [7, 11) is 0. The van der Waals surface area contributed by atoms with Crippen LogP contribution in [-0.4, -0.2) is 61.4 Å². The number of rotatable bonds is 8. The molecule has 1 aliphatic heterocycles. The minimum Gasteiger partial charge on any atom is -0.439 e. The van der Waals surface area contributed by atoms with E-state index in [1.165, 1.54) is 19.3 Å². The molecule has 42 heavy (non-hydrogen) atoms. The van der Waals surface area contributed by atoms with Crippen molar-refractivity contribution in [2.24, 2.45) is 0 Å². The Morgan fingerprint density at radius 2 is 1.86 bits per heavy atom. The number of fused-ring (bicyclic) bond motifs is 1. The largest absolute Gasteiger partial charge is 0.439 e. The number of pyridine rings is 1. The van der Waals surface area contributed by atoms with Gasteiger partial charge in [0.05, 0.1) is 11.4 Å². The number of hydrogen-bond acceptors (Lipinski definition) is 8. The summed E-state index contributed by atoms with van der Waals surface area (Å²) in [4.78, 5) is 32.1. The SMILES string of the molecule is Nc1n[nH]c(=O)c2c1c(-c1ccc(Oc3ccccn3)cc1)nn2[C@H]1CC[C@@H](NC(=O)/C=C/CN2CCCCC2)CC1. The molecule has 0 radical (unpaired) electrons. The monoisotopic (exact) mass is 568 g/mol. The van der Waals surface area contributed by atoms with Crippen LogP contribution in [0.3, 0.4) is 0 Å². The smallest absolute Gasteiger partial charge is 0.290 e. The third-order valence-corrected chi connectivity index (χ3v) is 8.12. The second kappa shape index (κ2) is 12.6.